The number of aryl methyl sites for hydroxylation is 1. The predicted molar refractivity (Wildman–Crippen MR) is 78.0 cm³/mol. The largest absolute Gasteiger partial charge is 0.465 e. The van der Waals surface area contributed by atoms with E-state index in [9.17, 15) is 0 Å². The lowest BCUT2D eigenvalue weighted by molar-refractivity contribution is 0.318. The number of furan rings is 1. The summed E-state index contributed by atoms with van der Waals surface area (Å²) >= 11 is 6.16. The first kappa shape index (κ1) is 14.4. The fraction of sp³-hybridized carbons (Fsp3) is 0.214. The zero-order valence-electron chi connectivity index (χ0n) is 11.1. The van der Waals surface area contributed by atoms with Crippen LogP contribution in [-0.2, 0) is 13.1 Å². The van der Waals surface area contributed by atoms with Gasteiger partial charge < -0.3 is 20.7 Å². The van der Waals surface area contributed by atoms with Crippen LogP contribution >= 0.6 is 11.6 Å². The summed E-state index contributed by atoms with van der Waals surface area (Å²) in [5.41, 5.74) is 7.03. The lowest BCUT2D eigenvalue weighted by Crippen LogP contribution is -2.15. The topological polar surface area (TPSA) is 83.8 Å². The van der Waals surface area contributed by atoms with Crippen molar-refractivity contribution in [1.82, 2.24) is 5.32 Å². The Morgan fingerprint density at radius 2 is 2.15 bits per heavy atom. The summed E-state index contributed by atoms with van der Waals surface area (Å²) in [6.45, 7) is 3.15. The smallest absolute Gasteiger partial charge is 0.170 e. The SMILES string of the molecule is Cc1ccc(CNCc2ccc(/C(N)=N/O)cc2Cl)o1. The van der Waals surface area contributed by atoms with Crippen molar-refractivity contribution in [2.45, 2.75) is 20.0 Å². The molecule has 0 radical (unpaired) electrons. The van der Waals surface area contributed by atoms with Crippen molar-refractivity contribution in [2.75, 3.05) is 0 Å². The number of nitrogens with two attached hydrogens (primary N) is 1. The highest BCUT2D eigenvalue weighted by molar-refractivity contribution is 6.31. The maximum atomic E-state index is 8.61. The van der Waals surface area contributed by atoms with Crippen molar-refractivity contribution in [2.24, 2.45) is 10.9 Å². The third-order valence-corrected chi connectivity index (χ3v) is 3.22. The molecule has 2 rings (SSSR count). The van der Waals surface area contributed by atoms with E-state index in [0.29, 0.717) is 23.7 Å². The molecule has 0 unspecified atom stereocenters. The average Bonchev–Trinajstić information content (AvgIpc) is 2.85. The zero-order chi connectivity index (χ0) is 14.5. The highest BCUT2D eigenvalue weighted by Gasteiger charge is 2.05. The van der Waals surface area contributed by atoms with Gasteiger partial charge in [-0.3, -0.25) is 0 Å². The molecule has 0 spiro atoms. The van der Waals surface area contributed by atoms with Crippen molar-refractivity contribution >= 4 is 17.4 Å². The van der Waals surface area contributed by atoms with Crippen LogP contribution in [0.5, 0.6) is 0 Å². The maximum Gasteiger partial charge on any atom is 0.170 e. The minimum atomic E-state index is 0.0393. The number of nitrogens with zero attached hydrogens (tertiary/aromatic N) is 1. The van der Waals surface area contributed by atoms with Crippen molar-refractivity contribution in [3.05, 3.63) is 58.0 Å². The van der Waals surface area contributed by atoms with Crippen LogP contribution in [0.1, 0.15) is 22.6 Å². The van der Waals surface area contributed by atoms with Crippen LogP contribution in [0.4, 0.5) is 0 Å². The van der Waals surface area contributed by atoms with E-state index in [-0.39, 0.29) is 5.84 Å². The normalized spacial score (nSPS) is 11.8. The third-order valence-electron chi connectivity index (χ3n) is 2.87. The van der Waals surface area contributed by atoms with Crippen LogP contribution in [0.3, 0.4) is 0 Å². The van der Waals surface area contributed by atoms with Gasteiger partial charge >= 0.3 is 0 Å². The summed E-state index contributed by atoms with van der Waals surface area (Å²) in [6.07, 6.45) is 0. The van der Waals surface area contributed by atoms with E-state index in [1.54, 1.807) is 12.1 Å². The van der Waals surface area contributed by atoms with Gasteiger partial charge in [-0.05, 0) is 30.7 Å². The molecule has 0 aliphatic carbocycles. The maximum absolute atomic E-state index is 8.61. The second kappa shape index (κ2) is 6.45. The fourth-order valence-electron chi connectivity index (χ4n) is 1.81. The lowest BCUT2D eigenvalue weighted by atomic mass is 10.1. The molecule has 0 saturated carbocycles. The number of amidine groups is 1. The molecule has 4 N–H and O–H groups in total. The van der Waals surface area contributed by atoms with E-state index in [0.717, 1.165) is 17.1 Å². The number of nitrogens with one attached hydrogen (secondary N) is 1. The number of halogens is 1. The van der Waals surface area contributed by atoms with Gasteiger partial charge in [-0.1, -0.05) is 28.9 Å². The van der Waals surface area contributed by atoms with Crippen LogP contribution in [0.2, 0.25) is 5.02 Å². The van der Waals surface area contributed by atoms with E-state index in [1.165, 1.54) is 0 Å². The molecule has 1 aromatic heterocycles. The van der Waals surface area contributed by atoms with Gasteiger partial charge in [0.2, 0.25) is 0 Å². The summed E-state index contributed by atoms with van der Waals surface area (Å²) in [4.78, 5) is 0. The minimum absolute atomic E-state index is 0.0393. The molecule has 0 aliphatic heterocycles. The van der Waals surface area contributed by atoms with Crippen molar-refractivity contribution in [1.29, 1.82) is 0 Å². The van der Waals surface area contributed by atoms with Gasteiger partial charge in [0, 0.05) is 17.1 Å². The quantitative estimate of drug-likeness (QED) is 0.342. The Hall–Kier alpha value is -1.98. The van der Waals surface area contributed by atoms with Gasteiger partial charge in [-0.25, -0.2) is 0 Å². The summed E-state index contributed by atoms with van der Waals surface area (Å²) in [5.74, 6) is 1.81. The number of hydrogen-bond donors (Lipinski definition) is 3. The Kier molecular flexibility index (Phi) is 4.65. The third kappa shape index (κ3) is 3.53. The molecular formula is C14H16ClN3O2. The molecule has 0 fully saturated rings. The van der Waals surface area contributed by atoms with Gasteiger partial charge in [0.1, 0.15) is 11.5 Å². The Labute approximate surface area is 122 Å². The first-order chi connectivity index (χ1) is 9.60. The van der Waals surface area contributed by atoms with E-state index >= 15 is 0 Å². The first-order valence-corrected chi connectivity index (χ1v) is 6.50. The van der Waals surface area contributed by atoms with Gasteiger partial charge in [0.15, 0.2) is 5.84 Å². The van der Waals surface area contributed by atoms with E-state index < -0.39 is 0 Å². The van der Waals surface area contributed by atoms with Crippen LogP contribution in [0.25, 0.3) is 0 Å². The average molecular weight is 294 g/mol. The standard InChI is InChI=1S/C14H16ClN3O2/c1-9-2-5-12(20-9)8-17-7-11-4-3-10(6-13(11)15)14(16)18-19/h2-6,17,19H,7-8H2,1H3,(H2,16,18). The van der Waals surface area contributed by atoms with Crippen LogP contribution in [-0.4, -0.2) is 11.0 Å². The van der Waals surface area contributed by atoms with E-state index in [1.807, 2.05) is 25.1 Å². The Balaban J connectivity index is 1.96. The number of benzene rings is 1. The van der Waals surface area contributed by atoms with Gasteiger partial charge in [-0.15, -0.1) is 0 Å². The molecule has 6 heteroatoms. The highest BCUT2D eigenvalue weighted by Crippen LogP contribution is 2.18. The lowest BCUT2D eigenvalue weighted by Gasteiger charge is -2.07. The molecular weight excluding hydrogens is 278 g/mol. The predicted octanol–water partition coefficient (Wildman–Crippen LogP) is 2.63. The number of oxime groups is 1. The van der Waals surface area contributed by atoms with Crippen molar-refractivity contribution in [3.8, 4) is 0 Å². The van der Waals surface area contributed by atoms with Crippen LogP contribution in [0, 0.1) is 6.92 Å². The summed E-state index contributed by atoms with van der Waals surface area (Å²) < 4.78 is 5.46. The minimum Gasteiger partial charge on any atom is -0.465 e. The molecule has 106 valence electrons. The fourth-order valence-corrected chi connectivity index (χ4v) is 2.06. The van der Waals surface area contributed by atoms with Gasteiger partial charge in [0.05, 0.1) is 6.54 Å². The Morgan fingerprint density at radius 1 is 1.35 bits per heavy atom. The van der Waals surface area contributed by atoms with E-state index in [2.05, 4.69) is 10.5 Å². The Bertz CT molecular complexity index is 623. The molecule has 20 heavy (non-hydrogen) atoms. The molecule has 0 atom stereocenters. The van der Waals surface area contributed by atoms with Crippen LogP contribution in [0.15, 0.2) is 39.9 Å². The summed E-state index contributed by atoms with van der Waals surface area (Å²) in [5, 5.41) is 15.4. The van der Waals surface area contributed by atoms with Gasteiger partial charge in [-0.2, -0.15) is 0 Å². The molecule has 0 bridgehead atoms. The number of rotatable bonds is 5. The first-order valence-electron chi connectivity index (χ1n) is 6.12. The number of hydrogen-bond acceptors (Lipinski definition) is 4. The van der Waals surface area contributed by atoms with Gasteiger partial charge in [0.25, 0.3) is 0 Å². The van der Waals surface area contributed by atoms with Crippen molar-refractivity contribution < 1.29 is 9.62 Å². The second-order valence-corrected chi connectivity index (χ2v) is 4.81. The van der Waals surface area contributed by atoms with Crippen LogP contribution < -0.4 is 11.1 Å². The van der Waals surface area contributed by atoms with E-state index in [4.69, 9.17) is 27.0 Å². The molecule has 1 aromatic carbocycles. The molecule has 0 amide bonds. The molecule has 5 nitrogen and oxygen atoms in total. The molecule has 2 aromatic rings. The monoisotopic (exact) mass is 293 g/mol. The van der Waals surface area contributed by atoms with Crippen molar-refractivity contribution in [3.63, 3.8) is 0 Å². The summed E-state index contributed by atoms with van der Waals surface area (Å²) in [6, 6.07) is 9.14. The Morgan fingerprint density at radius 3 is 2.75 bits per heavy atom. The molecule has 1 heterocycles. The molecule has 0 aliphatic rings. The molecule has 0 saturated heterocycles. The zero-order valence-corrected chi connectivity index (χ0v) is 11.8. The second-order valence-electron chi connectivity index (χ2n) is 4.41. The highest BCUT2D eigenvalue weighted by atomic mass is 35.5. The summed E-state index contributed by atoms with van der Waals surface area (Å²) in [7, 11) is 0.